The lowest BCUT2D eigenvalue weighted by atomic mass is 10.1. The highest BCUT2D eigenvalue weighted by Crippen LogP contribution is 2.25. The van der Waals surface area contributed by atoms with Crippen molar-refractivity contribution >= 4 is 45.0 Å². The zero-order valence-electron chi connectivity index (χ0n) is 20.2. The number of para-hydroxylation sites is 1. The number of carbonyl (C=O) groups excluding carboxylic acids is 2. The first-order valence-corrected chi connectivity index (χ1v) is 13.9. The molecule has 0 aliphatic carbocycles. The van der Waals surface area contributed by atoms with Crippen molar-refractivity contribution in [2.24, 2.45) is 0 Å². The lowest BCUT2D eigenvalue weighted by Crippen LogP contribution is -2.26. The van der Waals surface area contributed by atoms with Gasteiger partial charge < -0.3 is 15.1 Å². The number of hydrogen-bond donors (Lipinski definition) is 2. The van der Waals surface area contributed by atoms with Gasteiger partial charge in [0.15, 0.2) is 0 Å². The molecule has 37 heavy (non-hydrogen) atoms. The number of nitrogens with zero attached hydrogens (tertiary/aromatic N) is 1. The van der Waals surface area contributed by atoms with E-state index in [0.29, 0.717) is 28.3 Å². The minimum atomic E-state index is -3.76. The van der Waals surface area contributed by atoms with Crippen LogP contribution in [0.1, 0.15) is 26.5 Å². The first-order chi connectivity index (χ1) is 17.8. The SMILES string of the molecule is CSc1ccc(S(=O)(=O)N(C)c2ccc(C(=O)Nc3ccccc3C(=O)NCc3ccco3)cc2)cc1. The Hall–Kier alpha value is -4.02. The van der Waals surface area contributed by atoms with Crippen LogP contribution in [0, 0.1) is 0 Å². The third kappa shape index (κ3) is 6.04. The molecule has 0 aliphatic rings. The van der Waals surface area contributed by atoms with Crippen LogP contribution < -0.4 is 14.9 Å². The molecule has 0 saturated heterocycles. The van der Waals surface area contributed by atoms with E-state index in [4.69, 9.17) is 4.42 Å². The number of furan rings is 1. The van der Waals surface area contributed by atoms with Gasteiger partial charge in [-0.15, -0.1) is 11.8 Å². The summed E-state index contributed by atoms with van der Waals surface area (Å²) in [6.45, 7) is 0.216. The van der Waals surface area contributed by atoms with Crippen molar-refractivity contribution in [1.29, 1.82) is 0 Å². The van der Waals surface area contributed by atoms with Gasteiger partial charge in [-0.05, 0) is 79.1 Å². The van der Waals surface area contributed by atoms with E-state index in [1.54, 1.807) is 72.8 Å². The van der Waals surface area contributed by atoms with Crippen molar-refractivity contribution in [2.45, 2.75) is 16.3 Å². The summed E-state index contributed by atoms with van der Waals surface area (Å²) in [6, 6.07) is 23.0. The Morgan fingerprint density at radius 2 is 1.59 bits per heavy atom. The maximum Gasteiger partial charge on any atom is 0.264 e. The summed E-state index contributed by atoms with van der Waals surface area (Å²) in [4.78, 5) is 26.7. The van der Waals surface area contributed by atoms with Crippen LogP contribution in [0.25, 0.3) is 0 Å². The molecule has 0 bridgehead atoms. The Labute approximate surface area is 219 Å². The molecule has 3 aromatic carbocycles. The molecule has 10 heteroatoms. The van der Waals surface area contributed by atoms with Crippen molar-refractivity contribution in [1.82, 2.24) is 5.32 Å². The molecular formula is C27H25N3O5S2. The molecule has 4 aromatic rings. The van der Waals surface area contributed by atoms with E-state index in [2.05, 4.69) is 10.6 Å². The van der Waals surface area contributed by atoms with Gasteiger partial charge in [0.25, 0.3) is 21.8 Å². The highest BCUT2D eigenvalue weighted by atomic mass is 32.2. The van der Waals surface area contributed by atoms with Gasteiger partial charge >= 0.3 is 0 Å². The van der Waals surface area contributed by atoms with Gasteiger partial charge in [0.2, 0.25) is 0 Å². The minimum Gasteiger partial charge on any atom is -0.467 e. The van der Waals surface area contributed by atoms with E-state index in [-0.39, 0.29) is 17.3 Å². The topological polar surface area (TPSA) is 109 Å². The van der Waals surface area contributed by atoms with Crippen LogP contribution in [0.2, 0.25) is 0 Å². The predicted molar refractivity (Wildman–Crippen MR) is 145 cm³/mol. The number of benzene rings is 3. The fourth-order valence-electron chi connectivity index (χ4n) is 3.53. The number of nitrogens with one attached hydrogen (secondary N) is 2. The monoisotopic (exact) mass is 535 g/mol. The summed E-state index contributed by atoms with van der Waals surface area (Å²) >= 11 is 1.53. The van der Waals surface area contributed by atoms with Gasteiger partial charge in [0.1, 0.15) is 5.76 Å². The van der Waals surface area contributed by atoms with E-state index in [0.717, 1.165) is 4.90 Å². The van der Waals surface area contributed by atoms with Crippen molar-refractivity contribution in [2.75, 3.05) is 22.9 Å². The van der Waals surface area contributed by atoms with Gasteiger partial charge in [-0.25, -0.2) is 8.42 Å². The number of thioether (sulfide) groups is 1. The fraction of sp³-hybridized carbons (Fsp3) is 0.111. The second kappa shape index (κ2) is 11.4. The molecule has 2 amide bonds. The summed E-state index contributed by atoms with van der Waals surface area (Å²) in [5, 5.41) is 5.52. The number of sulfonamides is 1. The highest BCUT2D eigenvalue weighted by molar-refractivity contribution is 7.98. The molecule has 0 aliphatic heterocycles. The molecule has 0 saturated carbocycles. The standard InChI is InChI=1S/C27H25N3O5S2/c1-30(37(33,34)23-15-13-22(36-2)14-16-23)20-11-9-19(10-12-20)26(31)29-25-8-4-3-7-24(25)27(32)28-18-21-6-5-17-35-21/h3-17H,18H2,1-2H3,(H,28,32)(H,29,31). The van der Waals surface area contributed by atoms with Crippen LogP contribution in [0.3, 0.4) is 0 Å². The van der Waals surface area contributed by atoms with Crippen molar-refractivity contribution in [3.63, 3.8) is 0 Å². The van der Waals surface area contributed by atoms with Crippen molar-refractivity contribution in [3.8, 4) is 0 Å². The van der Waals surface area contributed by atoms with Crippen LogP contribution in [0.4, 0.5) is 11.4 Å². The number of anilines is 2. The van der Waals surface area contributed by atoms with Crippen LogP contribution in [0.5, 0.6) is 0 Å². The molecule has 190 valence electrons. The van der Waals surface area contributed by atoms with E-state index < -0.39 is 15.9 Å². The van der Waals surface area contributed by atoms with Gasteiger partial charge in [-0.1, -0.05) is 12.1 Å². The van der Waals surface area contributed by atoms with E-state index in [9.17, 15) is 18.0 Å². The van der Waals surface area contributed by atoms with E-state index in [1.165, 1.54) is 41.5 Å². The molecule has 2 N–H and O–H groups in total. The van der Waals surface area contributed by atoms with Crippen LogP contribution in [0.15, 0.2) is 105 Å². The summed E-state index contributed by atoms with van der Waals surface area (Å²) < 4.78 is 32.4. The average Bonchev–Trinajstić information content (AvgIpc) is 3.45. The molecule has 0 fully saturated rings. The molecule has 1 aromatic heterocycles. The number of carbonyl (C=O) groups is 2. The maximum absolute atomic E-state index is 13.0. The average molecular weight is 536 g/mol. The highest BCUT2D eigenvalue weighted by Gasteiger charge is 2.22. The lowest BCUT2D eigenvalue weighted by Gasteiger charge is -2.20. The summed E-state index contributed by atoms with van der Waals surface area (Å²) in [7, 11) is -2.30. The third-order valence-electron chi connectivity index (χ3n) is 5.63. The van der Waals surface area contributed by atoms with Gasteiger partial charge in [-0.3, -0.25) is 13.9 Å². The smallest absolute Gasteiger partial charge is 0.264 e. The molecule has 8 nitrogen and oxygen atoms in total. The molecule has 4 rings (SSSR count). The van der Waals surface area contributed by atoms with Crippen molar-refractivity contribution < 1.29 is 22.4 Å². The lowest BCUT2D eigenvalue weighted by molar-refractivity contribution is 0.0949. The summed E-state index contributed by atoms with van der Waals surface area (Å²) in [5.74, 6) is -0.185. The molecule has 1 heterocycles. The van der Waals surface area contributed by atoms with Gasteiger partial charge in [0, 0.05) is 17.5 Å². The van der Waals surface area contributed by atoms with Crippen molar-refractivity contribution in [3.05, 3.63) is 108 Å². The Kier molecular flexibility index (Phi) is 8.00. The van der Waals surface area contributed by atoms with Gasteiger partial charge in [0.05, 0.1) is 34.6 Å². The molecule has 0 spiro atoms. The Morgan fingerprint density at radius 1 is 0.892 bits per heavy atom. The number of amides is 2. The maximum atomic E-state index is 13.0. The minimum absolute atomic E-state index is 0.177. The van der Waals surface area contributed by atoms with Crippen LogP contribution >= 0.6 is 11.8 Å². The molecule has 0 atom stereocenters. The second-order valence-corrected chi connectivity index (χ2v) is 10.8. The van der Waals surface area contributed by atoms with E-state index >= 15 is 0 Å². The summed E-state index contributed by atoms with van der Waals surface area (Å²) in [5.41, 5.74) is 1.37. The fourth-order valence-corrected chi connectivity index (χ4v) is 5.13. The number of hydrogen-bond acceptors (Lipinski definition) is 6. The van der Waals surface area contributed by atoms with E-state index in [1.807, 2.05) is 6.26 Å². The Morgan fingerprint density at radius 3 is 2.24 bits per heavy atom. The first-order valence-electron chi connectivity index (χ1n) is 11.2. The molecular weight excluding hydrogens is 510 g/mol. The molecule has 0 unspecified atom stereocenters. The van der Waals surface area contributed by atoms with Gasteiger partial charge in [-0.2, -0.15) is 0 Å². The first kappa shape index (κ1) is 26.1. The Balaban J connectivity index is 1.45. The zero-order valence-corrected chi connectivity index (χ0v) is 21.8. The molecule has 0 radical (unpaired) electrons. The second-order valence-electron chi connectivity index (χ2n) is 7.96. The number of rotatable bonds is 9. The zero-order chi connectivity index (χ0) is 26.4. The predicted octanol–water partition coefficient (Wildman–Crippen LogP) is 5.01. The normalized spacial score (nSPS) is 11.1. The van der Waals surface area contributed by atoms with Crippen LogP contribution in [-0.4, -0.2) is 33.5 Å². The third-order valence-corrected chi connectivity index (χ3v) is 8.18. The quantitative estimate of drug-likeness (QED) is 0.292. The largest absolute Gasteiger partial charge is 0.467 e. The summed E-state index contributed by atoms with van der Waals surface area (Å²) in [6.07, 6.45) is 3.44. The van der Waals surface area contributed by atoms with Crippen LogP contribution in [-0.2, 0) is 16.6 Å². The Bertz CT molecular complexity index is 1480.